The van der Waals surface area contributed by atoms with Crippen LogP contribution in [0.3, 0.4) is 0 Å². The fourth-order valence-corrected chi connectivity index (χ4v) is 7.94. The highest BCUT2D eigenvalue weighted by atomic mass is 16.5. The van der Waals surface area contributed by atoms with Gasteiger partial charge >= 0.3 is 0 Å². The van der Waals surface area contributed by atoms with E-state index in [1.165, 1.54) is 49.8 Å². The molecule has 0 N–H and O–H groups in total. The number of anilines is 2. The summed E-state index contributed by atoms with van der Waals surface area (Å²) in [4.78, 5) is 9.55. The number of fused-ring (bicyclic) bond motifs is 3. The second-order valence-corrected chi connectivity index (χ2v) is 20.5. The largest absolute Gasteiger partial charge is 0.457 e. The Morgan fingerprint density at radius 2 is 1.05 bits per heavy atom. The second-order valence-electron chi connectivity index (χ2n) is 20.5. The number of pyridine rings is 1. The molecule has 0 saturated carbocycles. The molecule has 3 heterocycles. The molecule has 59 heavy (non-hydrogen) atoms. The maximum absolute atomic E-state index is 6.85. The quantitative estimate of drug-likeness (QED) is 0.168. The lowest BCUT2D eigenvalue weighted by Gasteiger charge is -2.27. The van der Waals surface area contributed by atoms with E-state index in [0.717, 1.165) is 34.0 Å². The number of aromatic nitrogens is 2. The van der Waals surface area contributed by atoms with Crippen molar-refractivity contribution >= 4 is 33.2 Å². The molecule has 8 rings (SSSR count). The summed E-state index contributed by atoms with van der Waals surface area (Å²) in [5, 5.41) is 2.36. The topological polar surface area (TPSA) is 33.5 Å². The summed E-state index contributed by atoms with van der Waals surface area (Å²) in [7, 11) is 0. The highest BCUT2D eigenvalue weighted by molar-refractivity contribution is 6.09. The van der Waals surface area contributed by atoms with Crippen LogP contribution in [-0.4, -0.2) is 16.2 Å². The highest BCUT2D eigenvalue weighted by Gasteiger charge is 2.24. The van der Waals surface area contributed by atoms with Gasteiger partial charge in [0.25, 0.3) is 0 Å². The molecule has 0 atom stereocenters. The van der Waals surface area contributed by atoms with Crippen molar-refractivity contribution in [3.63, 3.8) is 0 Å². The van der Waals surface area contributed by atoms with Gasteiger partial charge in [0.1, 0.15) is 17.3 Å². The van der Waals surface area contributed by atoms with E-state index in [4.69, 9.17) is 9.72 Å². The normalized spacial score (nSPS) is 13.9. The van der Waals surface area contributed by atoms with Crippen LogP contribution >= 0.6 is 0 Å². The van der Waals surface area contributed by atoms with Crippen LogP contribution in [0, 0.1) is 0 Å². The molecule has 2 aromatic heterocycles. The lowest BCUT2D eigenvalue weighted by atomic mass is 9.84. The summed E-state index contributed by atoms with van der Waals surface area (Å²) in [6.07, 6.45) is 6.32. The van der Waals surface area contributed by atoms with Gasteiger partial charge in [-0.1, -0.05) is 132 Å². The Bertz CT molecular complexity index is 2710. The summed E-state index contributed by atoms with van der Waals surface area (Å²) >= 11 is 0. The molecule has 302 valence electrons. The minimum atomic E-state index is -0.0875. The molecule has 0 aliphatic carbocycles. The predicted octanol–water partition coefficient (Wildman–Crippen LogP) is 14.6. The van der Waals surface area contributed by atoms with Gasteiger partial charge in [0.15, 0.2) is 0 Å². The smallest absolute Gasteiger partial charge is 0.137 e. The van der Waals surface area contributed by atoms with Crippen molar-refractivity contribution in [1.29, 1.82) is 0 Å². The van der Waals surface area contributed by atoms with E-state index in [9.17, 15) is 0 Å². The van der Waals surface area contributed by atoms with Gasteiger partial charge in [-0.2, -0.15) is 0 Å². The molecular weight excluding hydrogens is 721 g/mol. The van der Waals surface area contributed by atoms with Gasteiger partial charge < -0.3 is 14.5 Å². The van der Waals surface area contributed by atoms with Crippen molar-refractivity contribution in [2.45, 2.75) is 105 Å². The fourth-order valence-electron chi connectivity index (χ4n) is 7.94. The first-order valence-corrected chi connectivity index (χ1v) is 21.0. The van der Waals surface area contributed by atoms with Crippen LogP contribution in [-0.2, 0) is 21.7 Å². The summed E-state index contributed by atoms with van der Waals surface area (Å²) in [5.74, 6) is 2.50. The number of hydrogen-bond donors (Lipinski definition) is 0. The lowest BCUT2D eigenvalue weighted by molar-refractivity contribution is 0.479. The molecule has 0 bridgehead atoms. The van der Waals surface area contributed by atoms with E-state index in [0.29, 0.717) is 6.67 Å². The summed E-state index contributed by atoms with van der Waals surface area (Å²) in [6, 6.07) is 42.2. The number of nitrogens with zero attached hydrogens (tertiary/aromatic N) is 4. The van der Waals surface area contributed by atoms with Crippen LogP contribution in [0.15, 0.2) is 134 Å². The first-order chi connectivity index (χ1) is 27.7. The van der Waals surface area contributed by atoms with Gasteiger partial charge in [-0.15, -0.1) is 0 Å². The molecule has 0 saturated heterocycles. The van der Waals surface area contributed by atoms with Gasteiger partial charge in [0, 0.05) is 52.9 Å². The predicted molar refractivity (Wildman–Crippen MR) is 251 cm³/mol. The van der Waals surface area contributed by atoms with E-state index < -0.39 is 0 Å². The molecule has 5 heteroatoms. The number of rotatable bonds is 6. The third kappa shape index (κ3) is 8.13. The van der Waals surface area contributed by atoms with Crippen LogP contribution in [0.4, 0.5) is 11.4 Å². The van der Waals surface area contributed by atoms with Crippen LogP contribution in [0.5, 0.6) is 11.5 Å². The Morgan fingerprint density at radius 3 is 1.69 bits per heavy atom. The molecule has 5 nitrogen and oxygen atoms in total. The third-order valence-corrected chi connectivity index (χ3v) is 11.7. The van der Waals surface area contributed by atoms with Crippen molar-refractivity contribution in [2.24, 2.45) is 0 Å². The number of ether oxygens (including phenoxy) is 1. The first kappa shape index (κ1) is 40.0. The minimum Gasteiger partial charge on any atom is -0.457 e. The summed E-state index contributed by atoms with van der Waals surface area (Å²) in [6.45, 7) is 27.9. The zero-order valence-corrected chi connectivity index (χ0v) is 37.1. The third-order valence-electron chi connectivity index (χ3n) is 11.7. The van der Waals surface area contributed by atoms with Crippen LogP contribution < -0.4 is 14.5 Å². The molecular formula is C54H60N4O. The van der Waals surface area contributed by atoms with Gasteiger partial charge in [0.05, 0.1) is 17.7 Å². The zero-order valence-electron chi connectivity index (χ0n) is 37.1. The summed E-state index contributed by atoms with van der Waals surface area (Å²) in [5.41, 5.74) is 12.1. The average Bonchev–Trinajstić information content (AvgIpc) is 3.80. The Hall–Kier alpha value is -5.81. The van der Waals surface area contributed by atoms with Crippen molar-refractivity contribution in [3.05, 3.63) is 156 Å². The standard InChI is InChI=1S/C54H60N4O/c1-51(2,3)38-19-17-36(18-20-38)37-27-40(53(7,8)9)29-42(28-37)56-25-26-57(35-56)43-30-41(54(10,11)12)31-45(33-43)59-44-21-22-47-46-15-13-14-16-48(46)58(49(47)34-44)50-32-39(23-24-55-50)52(4,5)6/h13-34H,35H2,1-12H3. The molecule has 0 amide bonds. The maximum Gasteiger partial charge on any atom is 0.137 e. The van der Waals surface area contributed by atoms with E-state index in [-0.39, 0.29) is 21.7 Å². The zero-order chi connectivity index (χ0) is 42.1. The monoisotopic (exact) mass is 780 g/mol. The van der Waals surface area contributed by atoms with Crippen molar-refractivity contribution in [1.82, 2.24) is 9.55 Å². The SMILES string of the molecule is CC(C)(C)c1ccc(-c2cc(N3C=CN(c4cc(Oc5ccc6c7ccccc7n(-c7cc(C(C)(C)C)ccn7)c6c5)cc(C(C)(C)C)c4)C3)cc(C(C)(C)C)c2)cc1. The Labute approximate surface area is 352 Å². The van der Waals surface area contributed by atoms with Gasteiger partial charge in [-0.25, -0.2) is 4.98 Å². The number of benzene rings is 5. The van der Waals surface area contributed by atoms with Crippen LogP contribution in [0.2, 0.25) is 0 Å². The molecule has 0 unspecified atom stereocenters. The van der Waals surface area contributed by atoms with E-state index in [1.807, 2.05) is 6.20 Å². The maximum atomic E-state index is 6.85. The number of para-hydroxylation sites is 1. The molecule has 1 aliphatic rings. The molecule has 0 radical (unpaired) electrons. The Morgan fingerprint density at radius 1 is 0.458 bits per heavy atom. The van der Waals surface area contributed by atoms with Gasteiger partial charge in [0.2, 0.25) is 0 Å². The first-order valence-electron chi connectivity index (χ1n) is 21.0. The van der Waals surface area contributed by atoms with E-state index in [2.05, 4.69) is 225 Å². The Balaban J connectivity index is 1.13. The molecule has 0 fully saturated rings. The van der Waals surface area contributed by atoms with E-state index in [1.54, 1.807) is 0 Å². The minimum absolute atomic E-state index is 0.000380. The van der Waals surface area contributed by atoms with Crippen molar-refractivity contribution in [2.75, 3.05) is 16.5 Å². The summed E-state index contributed by atoms with van der Waals surface area (Å²) < 4.78 is 9.12. The molecule has 5 aromatic carbocycles. The van der Waals surface area contributed by atoms with Crippen LogP contribution in [0.1, 0.15) is 105 Å². The lowest BCUT2D eigenvalue weighted by Crippen LogP contribution is -2.25. The van der Waals surface area contributed by atoms with E-state index >= 15 is 0 Å². The van der Waals surface area contributed by atoms with Crippen LogP contribution in [0.25, 0.3) is 38.8 Å². The fraction of sp³-hybridized carbons (Fsp3) is 0.315. The highest BCUT2D eigenvalue weighted by Crippen LogP contribution is 2.40. The average molecular weight is 781 g/mol. The Kier molecular flexibility index (Phi) is 9.81. The molecule has 7 aromatic rings. The van der Waals surface area contributed by atoms with Crippen molar-refractivity contribution in [3.8, 4) is 28.4 Å². The van der Waals surface area contributed by atoms with Gasteiger partial charge in [-0.05, 0) is 110 Å². The molecule has 0 spiro atoms. The van der Waals surface area contributed by atoms with Gasteiger partial charge in [-0.3, -0.25) is 4.57 Å². The van der Waals surface area contributed by atoms with Crippen molar-refractivity contribution < 1.29 is 4.74 Å². The second kappa shape index (κ2) is 14.5. The molecule has 1 aliphatic heterocycles. The number of hydrogen-bond acceptors (Lipinski definition) is 4.